The number of nitro benzene ring substituents is 1. The first-order chi connectivity index (χ1) is 11.5. The lowest BCUT2D eigenvalue weighted by molar-refractivity contribution is -0.385. The summed E-state index contributed by atoms with van der Waals surface area (Å²) in [5, 5.41) is 13.5. The molecule has 0 aliphatic carbocycles. The molecule has 1 N–H and O–H groups in total. The zero-order chi connectivity index (χ0) is 17.5. The summed E-state index contributed by atoms with van der Waals surface area (Å²) < 4.78 is 5.39. The second-order valence-corrected chi connectivity index (χ2v) is 5.62. The summed E-state index contributed by atoms with van der Waals surface area (Å²) in [4.78, 5) is 36.0. The number of nitrogens with one attached hydrogen (secondary N) is 1. The van der Waals surface area contributed by atoms with Gasteiger partial charge in [0.25, 0.3) is 0 Å². The van der Waals surface area contributed by atoms with E-state index in [2.05, 4.69) is 5.32 Å². The lowest BCUT2D eigenvalue weighted by Crippen LogP contribution is -2.45. The van der Waals surface area contributed by atoms with E-state index in [1.165, 1.54) is 12.1 Å². The highest BCUT2D eigenvalue weighted by molar-refractivity contribution is 5.81. The zero-order valence-electron chi connectivity index (χ0n) is 13.6. The van der Waals surface area contributed by atoms with Crippen molar-refractivity contribution >= 4 is 17.5 Å². The maximum Gasteiger partial charge on any atom is 0.310 e. The molecule has 1 atom stereocenters. The van der Waals surface area contributed by atoms with E-state index in [0.717, 1.165) is 12.8 Å². The fourth-order valence-corrected chi connectivity index (χ4v) is 2.76. The third-order valence-corrected chi connectivity index (χ3v) is 4.03. The molecular weight excluding hydrogens is 314 g/mol. The van der Waals surface area contributed by atoms with Gasteiger partial charge in [0.2, 0.25) is 11.8 Å². The Morgan fingerprint density at radius 2 is 2.17 bits per heavy atom. The molecule has 0 saturated carbocycles. The quantitative estimate of drug-likeness (QED) is 0.624. The first kappa shape index (κ1) is 17.7. The Labute approximate surface area is 139 Å². The molecule has 0 radical (unpaired) electrons. The topological polar surface area (TPSA) is 102 Å². The number of ether oxygens (including phenoxy) is 1. The predicted octanol–water partition coefficient (Wildman–Crippen LogP) is 1.35. The lowest BCUT2D eigenvalue weighted by atomic mass is 9.97. The fraction of sp³-hybridized carbons (Fsp3) is 0.500. The zero-order valence-corrected chi connectivity index (χ0v) is 13.6. The minimum atomic E-state index is -0.518. The van der Waals surface area contributed by atoms with E-state index in [1.807, 2.05) is 0 Å². The molecule has 0 spiro atoms. The number of amides is 2. The number of benzene rings is 1. The molecule has 130 valence electrons. The van der Waals surface area contributed by atoms with E-state index in [9.17, 15) is 19.7 Å². The number of nitro groups is 1. The Bertz CT molecular complexity index is 619. The predicted molar refractivity (Wildman–Crippen MR) is 86.6 cm³/mol. The summed E-state index contributed by atoms with van der Waals surface area (Å²) in [5.74, 6) is -0.188. The van der Waals surface area contributed by atoms with E-state index in [0.29, 0.717) is 13.1 Å². The van der Waals surface area contributed by atoms with E-state index in [-0.39, 0.29) is 42.2 Å². The van der Waals surface area contributed by atoms with Crippen LogP contribution in [0, 0.1) is 16.0 Å². The Kier molecular flexibility index (Phi) is 6.11. The highest BCUT2D eigenvalue weighted by Crippen LogP contribution is 2.26. The maximum absolute atomic E-state index is 12.2. The Morgan fingerprint density at radius 1 is 1.42 bits per heavy atom. The van der Waals surface area contributed by atoms with Crippen molar-refractivity contribution in [3.05, 3.63) is 34.4 Å². The Hall–Kier alpha value is -2.64. The molecule has 0 unspecified atom stereocenters. The molecule has 24 heavy (non-hydrogen) atoms. The second kappa shape index (κ2) is 8.28. The van der Waals surface area contributed by atoms with Crippen molar-refractivity contribution in [2.45, 2.75) is 19.3 Å². The van der Waals surface area contributed by atoms with Crippen LogP contribution in [0.3, 0.4) is 0 Å². The second-order valence-electron chi connectivity index (χ2n) is 5.62. The first-order valence-corrected chi connectivity index (χ1v) is 7.88. The van der Waals surface area contributed by atoms with E-state index >= 15 is 0 Å². The van der Waals surface area contributed by atoms with Crippen LogP contribution in [0.1, 0.15) is 19.3 Å². The van der Waals surface area contributed by atoms with Crippen LogP contribution in [-0.4, -0.2) is 48.4 Å². The number of likely N-dealkylation sites (tertiary alicyclic amines) is 1. The van der Waals surface area contributed by atoms with E-state index < -0.39 is 4.92 Å². The van der Waals surface area contributed by atoms with Crippen LogP contribution >= 0.6 is 0 Å². The molecule has 2 rings (SSSR count). The van der Waals surface area contributed by atoms with Crippen molar-refractivity contribution in [3.63, 3.8) is 0 Å². The monoisotopic (exact) mass is 335 g/mol. The molecule has 0 aromatic heterocycles. The molecule has 1 fully saturated rings. The summed E-state index contributed by atoms with van der Waals surface area (Å²) in [5.41, 5.74) is -0.123. The van der Waals surface area contributed by atoms with Gasteiger partial charge in [-0.25, -0.2) is 0 Å². The standard InChI is InChI=1S/C16H21N3O5/c1-17-16(21)12-5-4-9-18(11-12)15(20)8-10-24-14-7-3-2-6-13(14)19(22)23/h2-3,6-7,12H,4-5,8-11H2,1H3,(H,17,21)/t12-/m0/s1. The number of rotatable bonds is 6. The van der Waals surface area contributed by atoms with Gasteiger partial charge in [-0.3, -0.25) is 19.7 Å². The number of nitrogens with zero attached hydrogens (tertiary/aromatic N) is 2. The molecule has 1 aromatic carbocycles. The largest absolute Gasteiger partial charge is 0.486 e. The minimum absolute atomic E-state index is 0.0522. The lowest BCUT2D eigenvalue weighted by Gasteiger charge is -2.31. The molecule has 1 heterocycles. The van der Waals surface area contributed by atoms with Crippen LogP contribution in [0.5, 0.6) is 5.75 Å². The molecule has 0 bridgehead atoms. The van der Waals surface area contributed by atoms with Gasteiger partial charge >= 0.3 is 5.69 Å². The van der Waals surface area contributed by atoms with Crippen molar-refractivity contribution in [1.29, 1.82) is 0 Å². The highest BCUT2D eigenvalue weighted by Gasteiger charge is 2.27. The van der Waals surface area contributed by atoms with Crippen molar-refractivity contribution in [2.24, 2.45) is 5.92 Å². The smallest absolute Gasteiger partial charge is 0.310 e. The summed E-state index contributed by atoms with van der Waals surface area (Å²) >= 11 is 0. The van der Waals surface area contributed by atoms with Gasteiger partial charge in [-0.2, -0.15) is 0 Å². The third kappa shape index (κ3) is 4.43. The van der Waals surface area contributed by atoms with Crippen LogP contribution in [0.15, 0.2) is 24.3 Å². The highest BCUT2D eigenvalue weighted by atomic mass is 16.6. The van der Waals surface area contributed by atoms with E-state index in [1.54, 1.807) is 24.1 Å². The Morgan fingerprint density at radius 3 is 2.88 bits per heavy atom. The SMILES string of the molecule is CNC(=O)[C@H]1CCCN(C(=O)CCOc2ccccc2[N+](=O)[O-])C1. The van der Waals surface area contributed by atoms with Crippen LogP contribution in [-0.2, 0) is 9.59 Å². The fourth-order valence-electron chi connectivity index (χ4n) is 2.76. The summed E-state index contributed by atoms with van der Waals surface area (Å²) in [7, 11) is 1.59. The van der Waals surface area contributed by atoms with Gasteiger partial charge in [0.05, 0.1) is 23.9 Å². The van der Waals surface area contributed by atoms with Gasteiger partial charge in [-0.15, -0.1) is 0 Å². The summed E-state index contributed by atoms with van der Waals surface area (Å²) in [6, 6.07) is 6.06. The number of para-hydroxylation sites is 2. The molecule has 1 aliphatic heterocycles. The molecule has 1 aliphatic rings. The van der Waals surface area contributed by atoms with Gasteiger partial charge in [-0.1, -0.05) is 12.1 Å². The number of carbonyl (C=O) groups is 2. The first-order valence-electron chi connectivity index (χ1n) is 7.88. The van der Waals surface area contributed by atoms with Gasteiger partial charge < -0.3 is 15.0 Å². The van der Waals surface area contributed by atoms with Crippen LogP contribution in [0.4, 0.5) is 5.69 Å². The normalized spacial score (nSPS) is 17.2. The Balaban J connectivity index is 1.85. The average molecular weight is 335 g/mol. The van der Waals surface area contributed by atoms with Crippen LogP contribution in [0.2, 0.25) is 0 Å². The number of hydrogen-bond donors (Lipinski definition) is 1. The van der Waals surface area contributed by atoms with Gasteiger partial charge in [0, 0.05) is 26.2 Å². The molecular formula is C16H21N3O5. The molecule has 8 heteroatoms. The summed E-state index contributed by atoms with van der Waals surface area (Å²) in [6.45, 7) is 1.09. The molecule has 1 saturated heterocycles. The minimum Gasteiger partial charge on any atom is -0.486 e. The van der Waals surface area contributed by atoms with Gasteiger partial charge in [-0.05, 0) is 18.9 Å². The number of piperidine rings is 1. The van der Waals surface area contributed by atoms with Gasteiger partial charge in [0.1, 0.15) is 0 Å². The molecule has 1 aromatic rings. The molecule has 8 nitrogen and oxygen atoms in total. The van der Waals surface area contributed by atoms with Crippen molar-refractivity contribution in [3.8, 4) is 5.75 Å². The van der Waals surface area contributed by atoms with Crippen LogP contribution in [0.25, 0.3) is 0 Å². The number of hydrogen-bond acceptors (Lipinski definition) is 5. The molecule has 2 amide bonds. The average Bonchev–Trinajstić information content (AvgIpc) is 2.61. The van der Waals surface area contributed by atoms with Crippen LogP contribution < -0.4 is 10.1 Å². The van der Waals surface area contributed by atoms with Crippen molar-refractivity contribution < 1.29 is 19.2 Å². The van der Waals surface area contributed by atoms with E-state index in [4.69, 9.17) is 4.74 Å². The number of carbonyl (C=O) groups excluding carboxylic acids is 2. The van der Waals surface area contributed by atoms with Gasteiger partial charge in [0.15, 0.2) is 5.75 Å². The maximum atomic E-state index is 12.2. The van der Waals surface area contributed by atoms with Crippen molar-refractivity contribution in [2.75, 3.05) is 26.7 Å². The summed E-state index contributed by atoms with van der Waals surface area (Å²) in [6.07, 6.45) is 1.68. The van der Waals surface area contributed by atoms with Crippen molar-refractivity contribution in [1.82, 2.24) is 10.2 Å². The third-order valence-electron chi connectivity index (χ3n) is 4.03.